The second kappa shape index (κ2) is 5.35. The molecule has 0 fully saturated rings. The highest BCUT2D eigenvalue weighted by Gasteiger charge is 1.88. The molecule has 0 bridgehead atoms. The van der Waals surface area contributed by atoms with Crippen LogP contribution in [-0.4, -0.2) is 15.5 Å². The molecule has 1 aromatic rings. The van der Waals surface area contributed by atoms with Crippen LogP contribution in [0, 0.1) is 0 Å². The molecule has 0 atom stereocenters. The van der Waals surface area contributed by atoms with Crippen molar-refractivity contribution in [3.63, 3.8) is 0 Å². The third-order valence-corrected chi connectivity index (χ3v) is 2.64. The summed E-state index contributed by atoms with van der Waals surface area (Å²) in [7, 11) is -0.480. The maximum atomic E-state index is 5.60. The first-order valence-corrected chi connectivity index (χ1v) is 6.58. The Morgan fingerprint density at radius 2 is 2.00 bits per heavy atom. The second-order valence-corrected chi connectivity index (χ2v) is 3.94. The molecule has 0 aromatic heterocycles. The number of hydrogen-bond donors (Lipinski definition) is 1. The van der Waals surface area contributed by atoms with Crippen LogP contribution in [0.15, 0.2) is 30.3 Å². The van der Waals surface area contributed by atoms with Gasteiger partial charge in [-0.25, -0.2) is 0 Å². The van der Waals surface area contributed by atoms with Gasteiger partial charge in [-0.05, 0) is 18.5 Å². The van der Waals surface area contributed by atoms with Gasteiger partial charge in [0.1, 0.15) is 0 Å². The van der Waals surface area contributed by atoms with Crippen molar-refractivity contribution < 1.29 is 0 Å². The van der Waals surface area contributed by atoms with Gasteiger partial charge < -0.3 is 4.98 Å². The van der Waals surface area contributed by atoms with Crippen LogP contribution in [0.1, 0.15) is 5.56 Å². The standard InChI is InChI=1S/C8H12ClNSi/c9-11-10-7-6-8-4-2-1-3-5-8/h1-5,10H,6-7,11H2. The first-order chi connectivity index (χ1) is 5.43. The van der Waals surface area contributed by atoms with E-state index in [1.165, 1.54) is 5.56 Å². The molecule has 3 heteroatoms. The highest BCUT2D eigenvalue weighted by atomic mass is 35.6. The summed E-state index contributed by atoms with van der Waals surface area (Å²) < 4.78 is 0. The van der Waals surface area contributed by atoms with Crippen molar-refractivity contribution in [3.05, 3.63) is 35.9 Å². The fourth-order valence-electron chi connectivity index (χ4n) is 0.944. The number of nitrogens with one attached hydrogen (secondary N) is 1. The zero-order valence-electron chi connectivity index (χ0n) is 6.39. The first-order valence-electron chi connectivity index (χ1n) is 3.74. The van der Waals surface area contributed by atoms with Gasteiger partial charge in [0.25, 0.3) is 0 Å². The van der Waals surface area contributed by atoms with Gasteiger partial charge in [0.05, 0.1) is 0 Å². The average Bonchev–Trinajstić information content (AvgIpc) is 2.07. The van der Waals surface area contributed by atoms with Gasteiger partial charge in [-0.1, -0.05) is 30.3 Å². The number of halogens is 1. The van der Waals surface area contributed by atoms with E-state index in [0.717, 1.165) is 13.0 Å². The maximum Gasteiger partial charge on any atom is 0.195 e. The van der Waals surface area contributed by atoms with E-state index < -0.39 is 8.99 Å². The van der Waals surface area contributed by atoms with Gasteiger partial charge in [0, 0.05) is 0 Å². The predicted molar refractivity (Wildman–Crippen MR) is 52.5 cm³/mol. The number of rotatable bonds is 4. The lowest BCUT2D eigenvalue weighted by atomic mass is 10.2. The Morgan fingerprint density at radius 3 is 2.64 bits per heavy atom. The topological polar surface area (TPSA) is 12.0 Å². The normalized spacial score (nSPS) is 11.0. The fraction of sp³-hybridized carbons (Fsp3) is 0.250. The Bertz CT molecular complexity index is 191. The van der Waals surface area contributed by atoms with E-state index in [2.05, 4.69) is 29.2 Å². The Kier molecular flexibility index (Phi) is 4.27. The van der Waals surface area contributed by atoms with Gasteiger partial charge in [-0.3, -0.25) is 0 Å². The largest absolute Gasteiger partial charge is 0.330 e. The Hall–Kier alpha value is -0.313. The highest BCUT2D eigenvalue weighted by Crippen LogP contribution is 1.97. The highest BCUT2D eigenvalue weighted by molar-refractivity contribution is 6.92. The van der Waals surface area contributed by atoms with Crippen molar-refractivity contribution in [3.8, 4) is 0 Å². The van der Waals surface area contributed by atoms with E-state index in [1.54, 1.807) is 0 Å². The van der Waals surface area contributed by atoms with Gasteiger partial charge in [-0.15, -0.1) is 0 Å². The lowest BCUT2D eigenvalue weighted by Crippen LogP contribution is -2.17. The molecule has 0 saturated heterocycles. The van der Waals surface area contributed by atoms with E-state index in [-0.39, 0.29) is 0 Å². The van der Waals surface area contributed by atoms with Crippen LogP contribution in [0.5, 0.6) is 0 Å². The van der Waals surface area contributed by atoms with Gasteiger partial charge in [0.15, 0.2) is 8.99 Å². The predicted octanol–water partition coefficient (Wildman–Crippen LogP) is 1.06. The van der Waals surface area contributed by atoms with Crippen LogP contribution >= 0.6 is 11.1 Å². The molecule has 11 heavy (non-hydrogen) atoms. The molecule has 1 rings (SSSR count). The Labute approximate surface area is 74.4 Å². The summed E-state index contributed by atoms with van der Waals surface area (Å²) in [6.07, 6.45) is 1.08. The van der Waals surface area contributed by atoms with Crippen molar-refractivity contribution in [2.75, 3.05) is 6.54 Å². The van der Waals surface area contributed by atoms with Crippen molar-refractivity contribution in [2.45, 2.75) is 6.42 Å². The Balaban J connectivity index is 2.28. The van der Waals surface area contributed by atoms with E-state index in [4.69, 9.17) is 11.1 Å². The summed E-state index contributed by atoms with van der Waals surface area (Å²) >= 11 is 5.60. The summed E-state index contributed by atoms with van der Waals surface area (Å²) in [4.78, 5) is 3.20. The molecule has 0 heterocycles. The third kappa shape index (κ3) is 3.56. The minimum Gasteiger partial charge on any atom is -0.330 e. The smallest absolute Gasteiger partial charge is 0.195 e. The SMILES string of the molecule is Cl[SiH2]NCCc1ccccc1. The van der Waals surface area contributed by atoms with Gasteiger partial charge in [-0.2, -0.15) is 11.1 Å². The van der Waals surface area contributed by atoms with Crippen LogP contribution in [0.3, 0.4) is 0 Å². The molecule has 0 radical (unpaired) electrons. The molecular weight excluding hydrogens is 174 g/mol. The zero-order chi connectivity index (χ0) is 7.94. The van der Waals surface area contributed by atoms with Crippen LogP contribution < -0.4 is 4.98 Å². The molecule has 0 spiro atoms. The van der Waals surface area contributed by atoms with E-state index in [0.29, 0.717) is 0 Å². The van der Waals surface area contributed by atoms with Crippen LogP contribution in [0.25, 0.3) is 0 Å². The summed E-state index contributed by atoms with van der Waals surface area (Å²) in [6, 6.07) is 10.4. The lowest BCUT2D eigenvalue weighted by Gasteiger charge is -1.99. The average molecular weight is 186 g/mol. The van der Waals surface area contributed by atoms with Gasteiger partial charge in [0.2, 0.25) is 0 Å². The van der Waals surface area contributed by atoms with Crippen molar-refractivity contribution >= 4 is 20.1 Å². The lowest BCUT2D eigenvalue weighted by molar-refractivity contribution is 0.895. The Morgan fingerprint density at radius 1 is 1.27 bits per heavy atom. The molecule has 1 N–H and O–H groups in total. The first kappa shape index (κ1) is 8.78. The molecule has 0 aliphatic carbocycles. The van der Waals surface area contributed by atoms with Crippen molar-refractivity contribution in [1.82, 2.24) is 4.98 Å². The molecule has 1 aromatic carbocycles. The van der Waals surface area contributed by atoms with Crippen molar-refractivity contribution in [1.29, 1.82) is 0 Å². The molecular formula is C8H12ClNSi. The number of benzene rings is 1. The number of hydrogen-bond acceptors (Lipinski definition) is 1. The zero-order valence-corrected chi connectivity index (χ0v) is 8.56. The van der Waals surface area contributed by atoms with E-state index in [1.807, 2.05) is 6.07 Å². The minimum atomic E-state index is -0.480. The molecule has 60 valence electrons. The molecule has 1 nitrogen and oxygen atoms in total. The molecule has 0 aliphatic rings. The van der Waals surface area contributed by atoms with Gasteiger partial charge >= 0.3 is 0 Å². The van der Waals surface area contributed by atoms with Crippen LogP contribution in [0.4, 0.5) is 0 Å². The summed E-state index contributed by atoms with van der Waals surface area (Å²) in [6.45, 7) is 1.01. The van der Waals surface area contributed by atoms with Crippen molar-refractivity contribution in [2.24, 2.45) is 0 Å². The molecule has 0 amide bonds. The summed E-state index contributed by atoms with van der Waals surface area (Å²) in [5.41, 5.74) is 1.37. The van der Waals surface area contributed by atoms with Crippen LogP contribution in [-0.2, 0) is 6.42 Å². The third-order valence-electron chi connectivity index (χ3n) is 1.53. The summed E-state index contributed by atoms with van der Waals surface area (Å²) in [5, 5.41) is 0. The quantitative estimate of drug-likeness (QED) is 0.420. The van der Waals surface area contributed by atoms with E-state index >= 15 is 0 Å². The monoisotopic (exact) mass is 185 g/mol. The fourth-order valence-corrected chi connectivity index (χ4v) is 1.66. The minimum absolute atomic E-state index is 0.480. The molecule has 0 aliphatic heterocycles. The van der Waals surface area contributed by atoms with E-state index in [9.17, 15) is 0 Å². The second-order valence-electron chi connectivity index (χ2n) is 2.37. The molecule has 0 unspecified atom stereocenters. The summed E-state index contributed by atoms with van der Waals surface area (Å²) in [5.74, 6) is 0. The molecule has 0 saturated carbocycles. The maximum absolute atomic E-state index is 5.60. The van der Waals surface area contributed by atoms with Crippen LogP contribution in [0.2, 0.25) is 0 Å².